The molecule has 0 aromatic heterocycles. The van der Waals surface area contributed by atoms with E-state index < -0.39 is 16.9 Å². The van der Waals surface area contributed by atoms with E-state index in [0.29, 0.717) is 6.42 Å². The largest absolute Gasteiger partial charge is 0.481 e. The van der Waals surface area contributed by atoms with Crippen LogP contribution in [0.5, 0.6) is 0 Å². The third-order valence-electron chi connectivity index (χ3n) is 6.21. The number of amides is 2. The second-order valence-corrected chi connectivity index (χ2v) is 8.05. The molecule has 6 nitrogen and oxygen atoms in total. The zero-order valence-corrected chi connectivity index (χ0v) is 14.2. The van der Waals surface area contributed by atoms with Crippen LogP contribution in [0.1, 0.15) is 77.0 Å². The van der Waals surface area contributed by atoms with Crippen molar-refractivity contribution in [2.24, 2.45) is 5.41 Å². The summed E-state index contributed by atoms with van der Waals surface area (Å²) in [4.78, 5) is 35.9. The number of rotatable bonds is 5. The zero-order valence-electron chi connectivity index (χ0n) is 14.2. The molecule has 6 heteroatoms. The minimum absolute atomic E-state index is 0.0140. The highest BCUT2D eigenvalue weighted by Gasteiger charge is 2.49. The Kier molecular flexibility index (Phi) is 4.83. The molecule has 24 heavy (non-hydrogen) atoms. The van der Waals surface area contributed by atoms with Crippen LogP contribution in [0.15, 0.2) is 0 Å². The van der Waals surface area contributed by atoms with Gasteiger partial charge in [-0.05, 0) is 31.1 Å². The van der Waals surface area contributed by atoms with E-state index >= 15 is 0 Å². The van der Waals surface area contributed by atoms with Gasteiger partial charge in [-0.2, -0.15) is 0 Å². The van der Waals surface area contributed by atoms with Crippen LogP contribution in [0.2, 0.25) is 0 Å². The highest BCUT2D eigenvalue weighted by Crippen LogP contribution is 2.43. The van der Waals surface area contributed by atoms with E-state index in [1.54, 1.807) is 0 Å². The second-order valence-electron chi connectivity index (χ2n) is 8.05. The average Bonchev–Trinajstić information content (AvgIpc) is 2.82. The predicted octanol–water partition coefficient (Wildman–Crippen LogP) is 2.12. The molecule has 0 aromatic rings. The first-order valence-corrected chi connectivity index (χ1v) is 9.25. The first-order valence-electron chi connectivity index (χ1n) is 9.25. The summed E-state index contributed by atoms with van der Waals surface area (Å²) in [5.74, 6) is -0.891. The molecular formula is C18H28N2O4. The van der Waals surface area contributed by atoms with Crippen molar-refractivity contribution in [1.82, 2.24) is 10.6 Å². The summed E-state index contributed by atoms with van der Waals surface area (Å²) in [6, 6.07) is 0.0319. The van der Waals surface area contributed by atoms with Gasteiger partial charge in [0.05, 0.1) is 24.4 Å². The molecule has 2 amide bonds. The molecule has 0 bridgehead atoms. The maximum absolute atomic E-state index is 12.8. The van der Waals surface area contributed by atoms with Crippen LogP contribution < -0.4 is 10.6 Å². The molecule has 2 aliphatic carbocycles. The number of hydrogen-bond acceptors (Lipinski definition) is 3. The quantitative estimate of drug-likeness (QED) is 0.716. The topological polar surface area (TPSA) is 95.5 Å². The van der Waals surface area contributed by atoms with Crippen LogP contribution in [-0.4, -0.2) is 34.5 Å². The van der Waals surface area contributed by atoms with Crippen LogP contribution in [0.25, 0.3) is 0 Å². The van der Waals surface area contributed by atoms with Gasteiger partial charge in [-0.15, -0.1) is 0 Å². The molecule has 0 spiro atoms. The van der Waals surface area contributed by atoms with Crippen molar-refractivity contribution in [3.63, 3.8) is 0 Å². The number of carboxylic acids is 1. The van der Waals surface area contributed by atoms with Gasteiger partial charge >= 0.3 is 5.97 Å². The van der Waals surface area contributed by atoms with Crippen molar-refractivity contribution in [3.05, 3.63) is 0 Å². The Balaban J connectivity index is 1.69. The number of aliphatic carboxylic acids is 1. The molecule has 0 aromatic carbocycles. The highest BCUT2D eigenvalue weighted by molar-refractivity contribution is 5.85. The van der Waals surface area contributed by atoms with Crippen LogP contribution in [-0.2, 0) is 14.4 Å². The molecule has 1 heterocycles. The minimum Gasteiger partial charge on any atom is -0.481 e. The smallest absolute Gasteiger partial charge is 0.303 e. The number of hydrogen-bond donors (Lipinski definition) is 3. The third-order valence-corrected chi connectivity index (χ3v) is 6.21. The van der Waals surface area contributed by atoms with E-state index in [2.05, 4.69) is 10.6 Å². The van der Waals surface area contributed by atoms with Crippen LogP contribution in [0.4, 0.5) is 0 Å². The van der Waals surface area contributed by atoms with Crippen LogP contribution in [0, 0.1) is 5.41 Å². The summed E-state index contributed by atoms with van der Waals surface area (Å²) in [6.45, 7) is 0. The van der Waals surface area contributed by atoms with Crippen LogP contribution in [0.3, 0.4) is 0 Å². The number of nitrogens with one attached hydrogen (secondary N) is 2. The third kappa shape index (κ3) is 3.57. The zero-order chi connectivity index (χ0) is 17.2. The summed E-state index contributed by atoms with van der Waals surface area (Å²) in [7, 11) is 0. The summed E-state index contributed by atoms with van der Waals surface area (Å²) in [6.07, 6.45) is 9.24. The molecule has 1 saturated heterocycles. The van der Waals surface area contributed by atoms with Gasteiger partial charge < -0.3 is 15.7 Å². The summed E-state index contributed by atoms with van der Waals surface area (Å²) in [5.41, 5.74) is -0.865. The minimum atomic E-state index is -0.823. The van der Waals surface area contributed by atoms with Gasteiger partial charge in [0, 0.05) is 6.42 Å². The predicted molar refractivity (Wildman–Crippen MR) is 88.3 cm³/mol. The fourth-order valence-electron chi connectivity index (χ4n) is 5.09. The molecule has 0 radical (unpaired) electrons. The SMILES string of the molecule is O=C(O)CC1(CC(=O)N[C@@]23CCCC[C@@H]2NC(=O)C3)CCCCC1. The second kappa shape index (κ2) is 6.73. The maximum atomic E-state index is 12.8. The van der Waals surface area contributed by atoms with Gasteiger partial charge in [-0.1, -0.05) is 32.1 Å². The van der Waals surface area contributed by atoms with E-state index in [1.165, 1.54) is 0 Å². The first kappa shape index (κ1) is 17.2. The lowest BCUT2D eigenvalue weighted by molar-refractivity contribution is -0.141. The number of carbonyl (C=O) groups excluding carboxylic acids is 2. The fourth-order valence-corrected chi connectivity index (χ4v) is 5.09. The van der Waals surface area contributed by atoms with Gasteiger partial charge in [0.1, 0.15) is 0 Å². The fraction of sp³-hybridized carbons (Fsp3) is 0.833. The van der Waals surface area contributed by atoms with Gasteiger partial charge in [0.2, 0.25) is 11.8 Å². The molecule has 3 fully saturated rings. The maximum Gasteiger partial charge on any atom is 0.303 e. The van der Waals surface area contributed by atoms with Crippen LogP contribution >= 0.6 is 0 Å². The normalized spacial score (nSPS) is 31.8. The van der Waals surface area contributed by atoms with Crippen molar-refractivity contribution in [2.75, 3.05) is 0 Å². The van der Waals surface area contributed by atoms with Gasteiger partial charge in [-0.3, -0.25) is 14.4 Å². The van der Waals surface area contributed by atoms with E-state index in [9.17, 15) is 19.5 Å². The lowest BCUT2D eigenvalue weighted by atomic mass is 9.69. The molecule has 0 unspecified atom stereocenters. The van der Waals surface area contributed by atoms with Crippen molar-refractivity contribution >= 4 is 17.8 Å². The van der Waals surface area contributed by atoms with E-state index in [1.807, 2.05) is 0 Å². The van der Waals surface area contributed by atoms with E-state index in [4.69, 9.17) is 0 Å². The van der Waals surface area contributed by atoms with E-state index in [0.717, 1.165) is 57.8 Å². The molecule has 1 aliphatic heterocycles. The van der Waals surface area contributed by atoms with Crippen molar-refractivity contribution in [3.8, 4) is 0 Å². The number of carbonyl (C=O) groups is 3. The standard InChI is InChI=1S/C18H28N2O4/c21-14-11-18(9-5-2-6-13(18)19-14)20-15(22)10-17(12-16(23)24)7-3-1-4-8-17/h13H,1-12H2,(H,19,21)(H,20,22)(H,23,24)/t13-,18+/m0/s1. The molecular weight excluding hydrogens is 308 g/mol. The number of carboxylic acid groups (broad SMARTS) is 1. The summed E-state index contributed by atoms with van der Waals surface area (Å²) in [5, 5.41) is 15.4. The Bertz CT molecular complexity index is 527. The lowest BCUT2D eigenvalue weighted by Crippen LogP contribution is -2.58. The number of fused-ring (bicyclic) bond motifs is 1. The van der Waals surface area contributed by atoms with Crippen molar-refractivity contribution < 1.29 is 19.5 Å². The molecule has 2 saturated carbocycles. The van der Waals surface area contributed by atoms with Crippen molar-refractivity contribution in [2.45, 2.75) is 88.6 Å². The summed E-state index contributed by atoms with van der Waals surface area (Å²) < 4.78 is 0. The molecule has 3 N–H and O–H groups in total. The Morgan fingerprint density at radius 1 is 1.08 bits per heavy atom. The lowest BCUT2D eigenvalue weighted by Gasteiger charge is -2.41. The Morgan fingerprint density at radius 3 is 2.50 bits per heavy atom. The molecule has 134 valence electrons. The molecule has 2 atom stereocenters. The Morgan fingerprint density at radius 2 is 1.79 bits per heavy atom. The Hall–Kier alpha value is -1.59. The average molecular weight is 336 g/mol. The Labute approximate surface area is 142 Å². The highest BCUT2D eigenvalue weighted by atomic mass is 16.4. The van der Waals surface area contributed by atoms with Crippen molar-refractivity contribution in [1.29, 1.82) is 0 Å². The first-order chi connectivity index (χ1) is 11.4. The monoisotopic (exact) mass is 336 g/mol. The van der Waals surface area contributed by atoms with Gasteiger partial charge in [0.15, 0.2) is 0 Å². The molecule has 3 aliphatic rings. The van der Waals surface area contributed by atoms with Gasteiger partial charge in [0.25, 0.3) is 0 Å². The summed E-state index contributed by atoms with van der Waals surface area (Å²) >= 11 is 0. The van der Waals surface area contributed by atoms with E-state index in [-0.39, 0.29) is 30.7 Å². The van der Waals surface area contributed by atoms with Gasteiger partial charge in [-0.25, -0.2) is 0 Å². The molecule has 3 rings (SSSR count).